The first-order chi connectivity index (χ1) is 14.9. The maximum Gasteiger partial charge on any atom is 0.334 e. The summed E-state index contributed by atoms with van der Waals surface area (Å²) in [6.45, 7) is 3.72. The van der Waals surface area contributed by atoms with Gasteiger partial charge in [-0.25, -0.2) is 0 Å². The Morgan fingerprint density at radius 1 is 1.16 bits per heavy atom. The molecule has 0 atom stereocenters. The van der Waals surface area contributed by atoms with E-state index in [1.807, 2.05) is 4.90 Å². The van der Waals surface area contributed by atoms with Crippen LogP contribution in [0.4, 0.5) is 11.4 Å². The molecule has 1 aliphatic rings. The molecule has 1 aliphatic heterocycles. The number of aliphatic carboxylic acids is 1. The number of nitro benzene ring substituents is 1. The van der Waals surface area contributed by atoms with E-state index in [2.05, 4.69) is 6.92 Å². The van der Waals surface area contributed by atoms with E-state index in [9.17, 15) is 19.7 Å². The van der Waals surface area contributed by atoms with Gasteiger partial charge in [0.2, 0.25) is 5.75 Å². The van der Waals surface area contributed by atoms with Crippen LogP contribution in [0.2, 0.25) is 0 Å². The summed E-state index contributed by atoms with van der Waals surface area (Å²) in [6, 6.07) is 10.9. The first kappa shape index (κ1) is 22.3. The number of piperidine rings is 1. The lowest BCUT2D eigenvalue weighted by molar-refractivity contribution is -0.384. The minimum Gasteiger partial charge on any atom is -0.481 e. The van der Waals surface area contributed by atoms with Crippen LogP contribution in [0.15, 0.2) is 42.5 Å². The smallest absolute Gasteiger partial charge is 0.334 e. The maximum atomic E-state index is 11.9. The van der Waals surface area contributed by atoms with Crippen molar-refractivity contribution >= 4 is 23.1 Å². The van der Waals surface area contributed by atoms with Crippen molar-refractivity contribution in [2.24, 2.45) is 5.92 Å². The molecule has 8 heteroatoms. The number of carbonyl (C=O) groups is 2. The molecule has 1 N–H and O–H groups in total. The fourth-order valence-electron chi connectivity index (χ4n) is 3.98. The van der Waals surface area contributed by atoms with E-state index in [1.165, 1.54) is 30.7 Å². The molecule has 1 heterocycles. The number of nitrogens with zero attached hydrogens (tertiary/aromatic N) is 2. The van der Waals surface area contributed by atoms with Crippen molar-refractivity contribution in [1.82, 2.24) is 0 Å². The number of ether oxygens (including phenoxy) is 1. The van der Waals surface area contributed by atoms with Crippen LogP contribution >= 0.6 is 0 Å². The summed E-state index contributed by atoms with van der Waals surface area (Å²) in [5.41, 5.74) is 0.709. The van der Waals surface area contributed by atoms with E-state index < -0.39 is 23.1 Å². The van der Waals surface area contributed by atoms with Crippen LogP contribution in [-0.4, -0.2) is 34.9 Å². The monoisotopic (exact) mass is 426 g/mol. The number of carbonyl (C=O) groups excluding carboxylic acids is 1. The molecule has 8 nitrogen and oxygen atoms in total. The minimum atomic E-state index is -1.20. The van der Waals surface area contributed by atoms with Gasteiger partial charge in [-0.3, -0.25) is 19.7 Å². The van der Waals surface area contributed by atoms with Gasteiger partial charge in [0.1, 0.15) is 17.9 Å². The molecule has 0 radical (unpaired) electrons. The molecule has 1 saturated heterocycles. The molecule has 0 saturated carbocycles. The van der Waals surface area contributed by atoms with Crippen molar-refractivity contribution in [3.63, 3.8) is 0 Å². The van der Waals surface area contributed by atoms with Gasteiger partial charge in [0, 0.05) is 18.7 Å². The molecule has 0 spiro atoms. The van der Waals surface area contributed by atoms with Crippen molar-refractivity contribution in [2.45, 2.75) is 39.0 Å². The quantitative estimate of drug-likeness (QED) is 0.258. The largest absolute Gasteiger partial charge is 0.481 e. The normalized spacial score (nSPS) is 14.3. The Labute approximate surface area is 180 Å². The van der Waals surface area contributed by atoms with Gasteiger partial charge in [0.25, 0.3) is 0 Å². The van der Waals surface area contributed by atoms with Gasteiger partial charge >= 0.3 is 11.7 Å². The van der Waals surface area contributed by atoms with Crippen molar-refractivity contribution < 1.29 is 24.4 Å². The third-order valence-corrected chi connectivity index (χ3v) is 5.53. The van der Waals surface area contributed by atoms with Gasteiger partial charge < -0.3 is 14.7 Å². The van der Waals surface area contributed by atoms with E-state index in [0.717, 1.165) is 32.4 Å². The van der Waals surface area contributed by atoms with Crippen LogP contribution < -0.4 is 9.64 Å². The zero-order chi connectivity index (χ0) is 22.4. The number of carboxylic acid groups (broad SMARTS) is 1. The Morgan fingerprint density at radius 2 is 1.84 bits per heavy atom. The molecule has 164 valence electrons. The number of para-hydroxylation sites is 1. The highest BCUT2D eigenvalue weighted by molar-refractivity contribution is 6.05. The Hall–Kier alpha value is -3.42. The van der Waals surface area contributed by atoms with Crippen molar-refractivity contribution in [2.75, 3.05) is 18.0 Å². The predicted octanol–water partition coefficient (Wildman–Crippen LogP) is 5.06. The Balaban J connectivity index is 1.79. The average Bonchev–Trinajstić information content (AvgIpc) is 2.74. The van der Waals surface area contributed by atoms with Crippen molar-refractivity contribution in [1.29, 1.82) is 0 Å². The molecule has 1 fully saturated rings. The highest BCUT2D eigenvalue weighted by Crippen LogP contribution is 2.41. The minimum absolute atomic E-state index is 0.0810. The third-order valence-electron chi connectivity index (χ3n) is 5.53. The van der Waals surface area contributed by atoms with E-state index in [0.29, 0.717) is 17.4 Å². The van der Waals surface area contributed by atoms with Gasteiger partial charge in [0.05, 0.1) is 4.92 Å². The van der Waals surface area contributed by atoms with E-state index in [4.69, 9.17) is 9.84 Å². The number of benzene rings is 2. The second-order valence-electron chi connectivity index (χ2n) is 7.72. The summed E-state index contributed by atoms with van der Waals surface area (Å²) in [5, 5.41) is 20.6. The summed E-state index contributed by atoms with van der Waals surface area (Å²) in [6.07, 6.45) is 3.77. The van der Waals surface area contributed by atoms with Gasteiger partial charge in [-0.05, 0) is 55.2 Å². The van der Waals surface area contributed by atoms with Crippen molar-refractivity contribution in [3.8, 4) is 11.5 Å². The first-order valence-electron chi connectivity index (χ1n) is 10.4. The number of rotatable bonds is 9. The molecule has 2 aromatic carbocycles. The van der Waals surface area contributed by atoms with E-state index >= 15 is 0 Å². The zero-order valence-corrected chi connectivity index (χ0v) is 17.5. The predicted molar refractivity (Wildman–Crippen MR) is 116 cm³/mol. The molecule has 0 aromatic heterocycles. The number of anilines is 1. The fourth-order valence-corrected chi connectivity index (χ4v) is 3.98. The first-order valence-corrected chi connectivity index (χ1v) is 10.4. The molecular weight excluding hydrogens is 400 g/mol. The molecule has 0 amide bonds. The number of ketones is 1. The van der Waals surface area contributed by atoms with Crippen LogP contribution in [-0.2, 0) is 4.79 Å². The molecule has 31 heavy (non-hydrogen) atoms. The Morgan fingerprint density at radius 3 is 2.42 bits per heavy atom. The second-order valence-corrected chi connectivity index (χ2v) is 7.72. The molecule has 0 aliphatic carbocycles. The summed E-state index contributed by atoms with van der Waals surface area (Å²) in [5.74, 6) is -0.589. The van der Waals surface area contributed by atoms with Crippen LogP contribution in [0.3, 0.4) is 0 Å². The molecular formula is C23H26N2O6. The fraction of sp³-hybridized carbons (Fsp3) is 0.391. The van der Waals surface area contributed by atoms with Crippen molar-refractivity contribution in [3.05, 3.63) is 58.1 Å². The summed E-state index contributed by atoms with van der Waals surface area (Å²) in [7, 11) is 0. The van der Waals surface area contributed by atoms with Crippen LogP contribution in [0.1, 0.15) is 49.4 Å². The lowest BCUT2D eigenvalue weighted by Crippen LogP contribution is -2.34. The molecule has 0 unspecified atom stereocenters. The van der Waals surface area contributed by atoms with E-state index in [1.54, 1.807) is 18.2 Å². The molecule has 3 rings (SSSR count). The van der Waals surface area contributed by atoms with Gasteiger partial charge in [-0.2, -0.15) is 0 Å². The highest BCUT2D eigenvalue weighted by atomic mass is 16.6. The number of hydrogen-bond acceptors (Lipinski definition) is 6. The Bertz CT molecular complexity index is 949. The number of hydrogen-bond donors (Lipinski definition) is 1. The maximum absolute atomic E-state index is 11.9. The summed E-state index contributed by atoms with van der Waals surface area (Å²) >= 11 is 0. The number of carboxylic acids is 1. The standard InChI is InChI=1S/C23H26N2O6/c1-2-4-16-11-13-24(14-12-16)19-5-3-6-21(23(19)25(29)30)31-18-9-7-17(8-10-18)20(26)15-22(27)28/h3,5-10,16H,2,4,11-15H2,1H3,(H,27,28). The van der Waals surface area contributed by atoms with Crippen LogP contribution in [0.25, 0.3) is 0 Å². The van der Waals surface area contributed by atoms with Gasteiger partial charge in [-0.15, -0.1) is 0 Å². The number of nitro groups is 1. The summed E-state index contributed by atoms with van der Waals surface area (Å²) < 4.78 is 5.78. The average molecular weight is 426 g/mol. The molecule has 2 aromatic rings. The topological polar surface area (TPSA) is 110 Å². The van der Waals surface area contributed by atoms with Gasteiger partial charge in [-0.1, -0.05) is 25.8 Å². The van der Waals surface area contributed by atoms with Crippen LogP contribution in [0.5, 0.6) is 11.5 Å². The summed E-state index contributed by atoms with van der Waals surface area (Å²) in [4.78, 5) is 36.0. The third kappa shape index (κ3) is 5.59. The second kappa shape index (κ2) is 10.1. The number of Topliss-reactive ketones (excluding diaryl/α,β-unsaturated/α-hetero) is 1. The zero-order valence-electron chi connectivity index (χ0n) is 17.5. The Kier molecular flexibility index (Phi) is 7.23. The van der Waals surface area contributed by atoms with E-state index in [-0.39, 0.29) is 17.0 Å². The molecule has 0 bridgehead atoms. The van der Waals surface area contributed by atoms with Crippen LogP contribution in [0, 0.1) is 16.0 Å². The van der Waals surface area contributed by atoms with Gasteiger partial charge in [0.15, 0.2) is 5.78 Å². The lowest BCUT2D eigenvalue weighted by Gasteiger charge is -2.33. The lowest BCUT2D eigenvalue weighted by atomic mass is 9.92. The SMILES string of the molecule is CCCC1CCN(c2cccc(Oc3ccc(C(=O)CC(=O)O)cc3)c2[N+](=O)[O-])CC1. The highest BCUT2D eigenvalue weighted by Gasteiger charge is 2.28.